The molecule has 0 atom stereocenters. The van der Waals surface area contributed by atoms with E-state index >= 15 is 0 Å². The summed E-state index contributed by atoms with van der Waals surface area (Å²) in [5, 5.41) is 7.87. The van der Waals surface area contributed by atoms with Crippen LogP contribution in [0.4, 0.5) is 5.82 Å². The number of anilines is 1. The van der Waals surface area contributed by atoms with Crippen molar-refractivity contribution in [2.75, 3.05) is 4.72 Å². The third kappa shape index (κ3) is 2.46. The van der Waals surface area contributed by atoms with Gasteiger partial charge in [-0.3, -0.25) is 9.82 Å². The molecular weight excluding hydrogens is 280 g/mol. The molecule has 2 aromatic heterocycles. The van der Waals surface area contributed by atoms with Crippen molar-refractivity contribution in [3.63, 3.8) is 0 Å². The van der Waals surface area contributed by atoms with Crippen LogP contribution in [0.1, 0.15) is 5.56 Å². The number of thiophene rings is 1. The maximum absolute atomic E-state index is 11.9. The lowest BCUT2D eigenvalue weighted by Crippen LogP contribution is -2.16. The second-order valence-corrected chi connectivity index (χ2v) is 6.36. The monoisotopic (exact) mass is 288 g/mol. The fraction of sp³-hybridized carbons (Fsp3) is 0. The summed E-state index contributed by atoms with van der Waals surface area (Å²) in [5.41, 5.74) is 5.80. The van der Waals surface area contributed by atoms with Crippen molar-refractivity contribution in [2.45, 2.75) is 4.21 Å². The lowest BCUT2D eigenvalue weighted by atomic mass is 10.3. The molecule has 0 spiro atoms. The molecule has 90 valence electrons. The minimum absolute atomic E-state index is 0.0719. The zero-order chi connectivity index (χ0) is 12.5. The van der Waals surface area contributed by atoms with E-state index in [0.717, 1.165) is 11.3 Å². The molecule has 0 fully saturated rings. The highest BCUT2D eigenvalue weighted by Crippen LogP contribution is 2.20. The van der Waals surface area contributed by atoms with E-state index in [1.54, 1.807) is 11.4 Å². The number of H-pyrrole nitrogens is 1. The van der Waals surface area contributed by atoms with E-state index in [0.29, 0.717) is 5.56 Å². The molecule has 0 radical (unpaired) electrons. The highest BCUT2D eigenvalue weighted by Gasteiger charge is 2.18. The summed E-state index contributed by atoms with van der Waals surface area (Å²) in [6.45, 7) is 0. The first-order valence-corrected chi connectivity index (χ1v) is 7.17. The molecule has 0 aliphatic rings. The van der Waals surface area contributed by atoms with Crippen LogP contribution in [0.2, 0.25) is 0 Å². The predicted molar refractivity (Wildman–Crippen MR) is 69.6 cm³/mol. The van der Waals surface area contributed by atoms with Crippen LogP contribution < -0.4 is 10.5 Å². The molecule has 0 aromatic carbocycles. The van der Waals surface area contributed by atoms with Crippen molar-refractivity contribution >= 4 is 44.4 Å². The van der Waals surface area contributed by atoms with Gasteiger partial charge in [0.15, 0.2) is 0 Å². The predicted octanol–water partition coefficient (Wildman–Crippen LogP) is 0.906. The van der Waals surface area contributed by atoms with Crippen molar-refractivity contribution < 1.29 is 8.42 Å². The Morgan fingerprint density at radius 2 is 2.35 bits per heavy atom. The minimum Gasteiger partial charge on any atom is -0.389 e. The molecule has 0 aliphatic carbocycles. The van der Waals surface area contributed by atoms with Gasteiger partial charge >= 0.3 is 0 Å². The Labute approximate surface area is 107 Å². The van der Waals surface area contributed by atoms with Gasteiger partial charge in [0.2, 0.25) is 0 Å². The van der Waals surface area contributed by atoms with E-state index in [9.17, 15) is 8.42 Å². The van der Waals surface area contributed by atoms with Gasteiger partial charge in [0.05, 0.1) is 11.8 Å². The highest BCUT2D eigenvalue weighted by molar-refractivity contribution is 7.94. The van der Waals surface area contributed by atoms with Crippen LogP contribution in [-0.2, 0) is 10.0 Å². The van der Waals surface area contributed by atoms with Crippen molar-refractivity contribution in [2.24, 2.45) is 5.73 Å². The zero-order valence-electron chi connectivity index (χ0n) is 8.38. The zero-order valence-corrected chi connectivity index (χ0v) is 10.8. The largest absolute Gasteiger partial charge is 0.389 e. The lowest BCUT2D eigenvalue weighted by molar-refractivity contribution is 0.603. The van der Waals surface area contributed by atoms with Crippen molar-refractivity contribution in [3.8, 4) is 0 Å². The van der Waals surface area contributed by atoms with E-state index in [1.807, 2.05) is 0 Å². The Balaban J connectivity index is 2.33. The molecule has 2 heterocycles. The average molecular weight is 288 g/mol. The van der Waals surface area contributed by atoms with Gasteiger partial charge in [0.1, 0.15) is 15.0 Å². The number of hydrogen-bond acceptors (Lipinski definition) is 5. The van der Waals surface area contributed by atoms with E-state index in [2.05, 4.69) is 14.9 Å². The first-order valence-electron chi connectivity index (χ1n) is 4.40. The van der Waals surface area contributed by atoms with Gasteiger partial charge in [-0.2, -0.15) is 5.10 Å². The fourth-order valence-electron chi connectivity index (χ4n) is 1.15. The van der Waals surface area contributed by atoms with Gasteiger partial charge < -0.3 is 5.73 Å². The first kappa shape index (κ1) is 12.0. The second-order valence-electron chi connectivity index (χ2n) is 3.06. The summed E-state index contributed by atoms with van der Waals surface area (Å²) in [5.74, 6) is 0.172. The number of sulfonamides is 1. The molecule has 0 unspecified atom stereocenters. The number of nitrogens with one attached hydrogen (secondary N) is 2. The molecule has 0 bridgehead atoms. The van der Waals surface area contributed by atoms with Gasteiger partial charge in [-0.1, -0.05) is 18.3 Å². The topological polar surface area (TPSA) is 101 Å². The highest BCUT2D eigenvalue weighted by atomic mass is 32.2. The van der Waals surface area contributed by atoms with Crippen molar-refractivity contribution in [1.82, 2.24) is 10.2 Å². The average Bonchev–Trinajstić information content (AvgIpc) is 2.85. The maximum Gasteiger partial charge on any atom is 0.272 e. The van der Waals surface area contributed by atoms with Crippen molar-refractivity contribution in [3.05, 3.63) is 29.3 Å². The van der Waals surface area contributed by atoms with Crippen LogP contribution >= 0.6 is 23.6 Å². The first-order chi connectivity index (χ1) is 8.00. The lowest BCUT2D eigenvalue weighted by Gasteiger charge is -2.05. The minimum atomic E-state index is -3.61. The Morgan fingerprint density at radius 1 is 1.59 bits per heavy atom. The molecular formula is C8H8N4O2S3. The molecule has 6 nitrogen and oxygen atoms in total. The van der Waals surface area contributed by atoms with Gasteiger partial charge in [-0.15, -0.1) is 11.3 Å². The normalized spacial score (nSPS) is 11.3. The Kier molecular flexibility index (Phi) is 3.13. The number of aromatic amines is 1. The van der Waals surface area contributed by atoms with Crippen LogP contribution in [0, 0.1) is 0 Å². The summed E-state index contributed by atoms with van der Waals surface area (Å²) in [7, 11) is -3.61. The van der Waals surface area contributed by atoms with Crippen molar-refractivity contribution in [1.29, 1.82) is 0 Å². The summed E-state index contributed by atoms with van der Waals surface area (Å²) in [6.07, 6.45) is 1.37. The molecule has 0 saturated heterocycles. The molecule has 9 heteroatoms. The summed E-state index contributed by atoms with van der Waals surface area (Å²) < 4.78 is 26.4. The smallest absolute Gasteiger partial charge is 0.272 e. The van der Waals surface area contributed by atoms with Crippen LogP contribution in [0.15, 0.2) is 27.9 Å². The standard InChI is InChI=1S/C8H8N4O2S3/c9-7(15)5-4-10-11-8(5)12-17(13,14)6-2-1-3-16-6/h1-4H,(H2,9,15)(H2,10,11,12). The Morgan fingerprint density at radius 3 is 2.94 bits per heavy atom. The third-order valence-electron chi connectivity index (χ3n) is 1.90. The molecule has 2 rings (SSSR count). The Hall–Kier alpha value is -1.45. The molecule has 17 heavy (non-hydrogen) atoms. The summed E-state index contributed by atoms with van der Waals surface area (Å²) in [4.78, 5) is 0.0719. The molecule has 0 aliphatic heterocycles. The third-order valence-corrected chi connectivity index (χ3v) is 4.87. The van der Waals surface area contributed by atoms with E-state index in [4.69, 9.17) is 18.0 Å². The van der Waals surface area contributed by atoms with Gasteiger partial charge in [-0.25, -0.2) is 8.42 Å². The maximum atomic E-state index is 11.9. The summed E-state index contributed by atoms with van der Waals surface area (Å²) in [6, 6.07) is 3.16. The van der Waals surface area contributed by atoms with E-state index in [1.165, 1.54) is 12.3 Å². The van der Waals surface area contributed by atoms with Gasteiger partial charge in [0.25, 0.3) is 10.0 Å². The number of thiocarbonyl (C=S) groups is 1. The Bertz CT molecular complexity index is 630. The van der Waals surface area contributed by atoms with Gasteiger partial charge in [-0.05, 0) is 11.4 Å². The molecule has 4 N–H and O–H groups in total. The van der Waals surface area contributed by atoms with Crippen LogP contribution in [0.25, 0.3) is 0 Å². The number of hydrogen-bond donors (Lipinski definition) is 3. The van der Waals surface area contributed by atoms with Crippen LogP contribution in [-0.4, -0.2) is 23.6 Å². The quantitative estimate of drug-likeness (QED) is 0.726. The number of aromatic nitrogens is 2. The number of rotatable bonds is 4. The molecule has 2 aromatic rings. The van der Waals surface area contributed by atoms with Crippen LogP contribution in [0.3, 0.4) is 0 Å². The SMILES string of the molecule is NC(=S)c1cn[nH]c1NS(=O)(=O)c1cccs1. The second kappa shape index (κ2) is 4.43. The molecule has 0 amide bonds. The number of nitrogens with two attached hydrogens (primary N) is 1. The van der Waals surface area contributed by atoms with Crippen LogP contribution in [0.5, 0.6) is 0 Å². The number of nitrogens with zero attached hydrogens (tertiary/aromatic N) is 1. The van der Waals surface area contributed by atoms with Gasteiger partial charge in [0, 0.05) is 0 Å². The fourth-order valence-corrected chi connectivity index (χ4v) is 3.34. The molecule has 0 saturated carbocycles. The van der Waals surface area contributed by atoms with E-state index in [-0.39, 0.29) is 15.0 Å². The summed E-state index contributed by atoms with van der Waals surface area (Å²) >= 11 is 5.90. The van der Waals surface area contributed by atoms with E-state index < -0.39 is 10.0 Å².